The minimum Gasteiger partial charge on any atom is -0.383 e. The summed E-state index contributed by atoms with van der Waals surface area (Å²) in [6, 6.07) is 1.09. The molecule has 1 rings (SSSR count). The van der Waals surface area contributed by atoms with Gasteiger partial charge in [-0.2, -0.15) is 0 Å². The number of nitrogens with zero attached hydrogens (tertiary/aromatic N) is 1. The summed E-state index contributed by atoms with van der Waals surface area (Å²) in [5.74, 6) is -0.918. The SMILES string of the molecule is CC(C)(C)CCNC(=O)c1cc(F)cnc1N. The minimum absolute atomic E-state index is 0.0414. The van der Waals surface area contributed by atoms with E-state index in [-0.39, 0.29) is 16.8 Å². The third-order valence-corrected chi connectivity index (χ3v) is 2.29. The van der Waals surface area contributed by atoms with E-state index in [2.05, 4.69) is 31.1 Å². The third kappa shape index (κ3) is 4.38. The molecule has 5 heteroatoms. The Morgan fingerprint density at radius 1 is 1.53 bits per heavy atom. The molecule has 1 aromatic rings. The quantitative estimate of drug-likeness (QED) is 0.847. The molecule has 17 heavy (non-hydrogen) atoms. The van der Waals surface area contributed by atoms with E-state index in [4.69, 9.17) is 5.73 Å². The van der Waals surface area contributed by atoms with Crippen molar-refractivity contribution in [3.63, 3.8) is 0 Å². The minimum atomic E-state index is -0.569. The molecule has 0 unspecified atom stereocenters. The van der Waals surface area contributed by atoms with Crippen molar-refractivity contribution in [2.45, 2.75) is 27.2 Å². The standard InChI is InChI=1S/C12H18FN3O/c1-12(2,3)4-5-15-11(17)9-6-8(13)7-16-10(9)14/h6-7H,4-5H2,1-3H3,(H2,14,16)(H,15,17). The summed E-state index contributed by atoms with van der Waals surface area (Å²) in [5.41, 5.74) is 5.73. The van der Waals surface area contributed by atoms with E-state index >= 15 is 0 Å². The Hall–Kier alpha value is -1.65. The van der Waals surface area contributed by atoms with Crippen molar-refractivity contribution in [3.8, 4) is 0 Å². The molecule has 0 saturated heterocycles. The summed E-state index contributed by atoms with van der Waals surface area (Å²) in [6.45, 7) is 6.77. The lowest BCUT2D eigenvalue weighted by Gasteiger charge is -2.18. The molecule has 0 aliphatic heterocycles. The molecule has 0 saturated carbocycles. The van der Waals surface area contributed by atoms with Gasteiger partial charge in [-0.25, -0.2) is 9.37 Å². The van der Waals surface area contributed by atoms with Crippen LogP contribution in [0.5, 0.6) is 0 Å². The van der Waals surface area contributed by atoms with Crippen LogP contribution in [0, 0.1) is 11.2 Å². The lowest BCUT2D eigenvalue weighted by Crippen LogP contribution is -2.28. The fraction of sp³-hybridized carbons (Fsp3) is 0.500. The number of carbonyl (C=O) groups is 1. The highest BCUT2D eigenvalue weighted by molar-refractivity contribution is 5.98. The van der Waals surface area contributed by atoms with Crippen molar-refractivity contribution < 1.29 is 9.18 Å². The average Bonchev–Trinajstić information content (AvgIpc) is 2.19. The Kier molecular flexibility index (Phi) is 4.04. The summed E-state index contributed by atoms with van der Waals surface area (Å²) in [5, 5.41) is 2.70. The van der Waals surface area contributed by atoms with Crippen molar-refractivity contribution in [3.05, 3.63) is 23.6 Å². The van der Waals surface area contributed by atoms with Gasteiger partial charge in [-0.05, 0) is 17.9 Å². The number of aromatic nitrogens is 1. The molecule has 0 aliphatic carbocycles. The molecule has 1 aromatic heterocycles. The van der Waals surface area contributed by atoms with Crippen LogP contribution in [0.25, 0.3) is 0 Å². The number of hydrogen-bond acceptors (Lipinski definition) is 3. The Labute approximate surface area is 100 Å². The van der Waals surface area contributed by atoms with Crippen LogP contribution in [0.2, 0.25) is 0 Å². The Morgan fingerprint density at radius 2 is 2.18 bits per heavy atom. The zero-order valence-corrected chi connectivity index (χ0v) is 10.4. The zero-order valence-electron chi connectivity index (χ0n) is 10.4. The maximum atomic E-state index is 12.9. The number of nitrogen functional groups attached to an aromatic ring is 1. The van der Waals surface area contributed by atoms with Gasteiger partial charge < -0.3 is 11.1 Å². The van der Waals surface area contributed by atoms with Crippen LogP contribution in [0.15, 0.2) is 12.3 Å². The molecule has 1 amide bonds. The second-order valence-electron chi connectivity index (χ2n) is 5.15. The predicted molar refractivity (Wildman–Crippen MR) is 65.0 cm³/mol. The van der Waals surface area contributed by atoms with Crippen LogP contribution < -0.4 is 11.1 Å². The number of amides is 1. The maximum absolute atomic E-state index is 12.9. The molecular weight excluding hydrogens is 221 g/mol. The monoisotopic (exact) mass is 239 g/mol. The number of halogens is 1. The van der Waals surface area contributed by atoms with Gasteiger partial charge in [0.25, 0.3) is 5.91 Å². The van der Waals surface area contributed by atoms with E-state index in [0.717, 1.165) is 18.7 Å². The van der Waals surface area contributed by atoms with Crippen molar-refractivity contribution in [2.24, 2.45) is 5.41 Å². The van der Waals surface area contributed by atoms with Gasteiger partial charge >= 0.3 is 0 Å². The molecule has 94 valence electrons. The second-order valence-corrected chi connectivity index (χ2v) is 5.15. The van der Waals surface area contributed by atoms with Gasteiger partial charge in [-0.3, -0.25) is 4.79 Å². The number of nitrogens with one attached hydrogen (secondary N) is 1. The van der Waals surface area contributed by atoms with Crippen molar-refractivity contribution in [1.29, 1.82) is 0 Å². The van der Waals surface area contributed by atoms with Crippen LogP contribution >= 0.6 is 0 Å². The molecule has 0 atom stereocenters. The first kappa shape index (κ1) is 13.4. The number of rotatable bonds is 3. The Bertz CT molecular complexity index is 413. The van der Waals surface area contributed by atoms with Gasteiger partial charge in [-0.15, -0.1) is 0 Å². The van der Waals surface area contributed by atoms with Gasteiger partial charge in [0.2, 0.25) is 0 Å². The summed E-state index contributed by atoms with van der Waals surface area (Å²) < 4.78 is 12.9. The number of nitrogens with two attached hydrogens (primary N) is 1. The van der Waals surface area contributed by atoms with Crippen LogP contribution in [0.3, 0.4) is 0 Å². The highest BCUT2D eigenvalue weighted by Crippen LogP contribution is 2.17. The van der Waals surface area contributed by atoms with Crippen molar-refractivity contribution in [2.75, 3.05) is 12.3 Å². The molecule has 0 aliphatic rings. The smallest absolute Gasteiger partial charge is 0.255 e. The fourth-order valence-corrected chi connectivity index (χ4v) is 1.28. The molecule has 0 fully saturated rings. The average molecular weight is 239 g/mol. The zero-order chi connectivity index (χ0) is 13.1. The molecule has 4 nitrogen and oxygen atoms in total. The molecule has 0 bridgehead atoms. The van der Waals surface area contributed by atoms with Gasteiger partial charge in [-0.1, -0.05) is 20.8 Å². The van der Waals surface area contributed by atoms with E-state index in [9.17, 15) is 9.18 Å². The van der Waals surface area contributed by atoms with Crippen LogP contribution in [0.1, 0.15) is 37.6 Å². The van der Waals surface area contributed by atoms with E-state index in [1.807, 2.05) is 0 Å². The molecule has 0 radical (unpaired) electrons. The van der Waals surface area contributed by atoms with Gasteiger partial charge in [0.1, 0.15) is 11.6 Å². The van der Waals surface area contributed by atoms with E-state index in [1.165, 1.54) is 0 Å². The van der Waals surface area contributed by atoms with Crippen LogP contribution in [-0.2, 0) is 0 Å². The van der Waals surface area contributed by atoms with Crippen LogP contribution in [0.4, 0.5) is 10.2 Å². The highest BCUT2D eigenvalue weighted by Gasteiger charge is 2.14. The van der Waals surface area contributed by atoms with E-state index in [1.54, 1.807) is 0 Å². The molecular formula is C12H18FN3O. The number of carbonyl (C=O) groups excluding carboxylic acids is 1. The third-order valence-electron chi connectivity index (χ3n) is 2.29. The fourth-order valence-electron chi connectivity index (χ4n) is 1.28. The van der Waals surface area contributed by atoms with E-state index in [0.29, 0.717) is 6.54 Å². The molecule has 0 spiro atoms. The maximum Gasteiger partial charge on any atom is 0.255 e. The van der Waals surface area contributed by atoms with Gasteiger partial charge in [0, 0.05) is 6.54 Å². The summed E-state index contributed by atoms with van der Waals surface area (Å²) >= 11 is 0. The number of hydrogen-bond donors (Lipinski definition) is 2. The lowest BCUT2D eigenvalue weighted by molar-refractivity contribution is 0.0949. The first-order chi connectivity index (χ1) is 7.79. The van der Waals surface area contributed by atoms with Crippen molar-refractivity contribution in [1.82, 2.24) is 10.3 Å². The normalized spacial score (nSPS) is 11.3. The highest BCUT2D eigenvalue weighted by atomic mass is 19.1. The number of anilines is 1. The van der Waals surface area contributed by atoms with Crippen molar-refractivity contribution >= 4 is 11.7 Å². The summed E-state index contributed by atoms with van der Waals surface area (Å²) in [4.78, 5) is 15.3. The Morgan fingerprint density at radius 3 is 2.76 bits per heavy atom. The first-order valence-corrected chi connectivity index (χ1v) is 5.49. The lowest BCUT2D eigenvalue weighted by atomic mass is 9.92. The Balaban J connectivity index is 2.61. The van der Waals surface area contributed by atoms with E-state index < -0.39 is 11.7 Å². The first-order valence-electron chi connectivity index (χ1n) is 5.49. The van der Waals surface area contributed by atoms with Crippen LogP contribution in [-0.4, -0.2) is 17.4 Å². The molecule has 1 heterocycles. The topological polar surface area (TPSA) is 68.0 Å². The summed E-state index contributed by atoms with van der Waals surface area (Å²) in [7, 11) is 0. The summed E-state index contributed by atoms with van der Waals surface area (Å²) in [6.07, 6.45) is 1.82. The van der Waals surface area contributed by atoms with Gasteiger partial charge in [0.15, 0.2) is 0 Å². The predicted octanol–water partition coefficient (Wildman–Crippen LogP) is 1.97. The number of pyridine rings is 1. The molecule has 3 N–H and O–H groups in total. The van der Waals surface area contributed by atoms with Gasteiger partial charge in [0.05, 0.1) is 11.8 Å². The largest absolute Gasteiger partial charge is 0.383 e. The second kappa shape index (κ2) is 5.12. The molecule has 0 aromatic carbocycles.